The number of aliphatic carboxylic acids is 1. The van der Waals surface area contributed by atoms with Crippen molar-refractivity contribution >= 4 is 17.8 Å². The van der Waals surface area contributed by atoms with Crippen LogP contribution in [0.2, 0.25) is 0 Å². The maximum atomic E-state index is 12.8. The molecule has 0 aliphatic heterocycles. The minimum Gasteiger partial charge on any atom is -0.497 e. The van der Waals surface area contributed by atoms with E-state index in [1.54, 1.807) is 49.4 Å². The second kappa shape index (κ2) is 8.35. The number of carbonyl (C=O) groups is 3. The van der Waals surface area contributed by atoms with Crippen LogP contribution in [0.4, 0.5) is 0 Å². The average molecular weight is 370 g/mol. The summed E-state index contributed by atoms with van der Waals surface area (Å²) in [6, 6.07) is 13.1. The Bertz CT molecular complexity index is 865. The molecule has 0 aliphatic rings. The molecule has 1 atom stereocenters. The second-order valence-corrected chi connectivity index (χ2v) is 6.25. The van der Waals surface area contributed by atoms with Gasteiger partial charge in [0.15, 0.2) is 0 Å². The van der Waals surface area contributed by atoms with Gasteiger partial charge in [-0.25, -0.2) is 0 Å². The van der Waals surface area contributed by atoms with E-state index in [4.69, 9.17) is 4.74 Å². The van der Waals surface area contributed by atoms with Crippen LogP contribution >= 0.6 is 0 Å². The van der Waals surface area contributed by atoms with Crippen molar-refractivity contribution in [1.82, 2.24) is 10.6 Å². The molecule has 0 spiro atoms. The highest BCUT2D eigenvalue weighted by Gasteiger charge is 2.32. The molecule has 7 nitrogen and oxygen atoms in total. The average Bonchev–Trinajstić information content (AvgIpc) is 2.66. The predicted molar refractivity (Wildman–Crippen MR) is 99.9 cm³/mol. The van der Waals surface area contributed by atoms with E-state index in [0.717, 1.165) is 0 Å². The Balaban J connectivity index is 2.36. The number of hydrogen-bond acceptors (Lipinski definition) is 4. The van der Waals surface area contributed by atoms with Gasteiger partial charge < -0.3 is 20.5 Å². The third-order valence-corrected chi connectivity index (χ3v) is 4.22. The first-order valence-corrected chi connectivity index (χ1v) is 8.30. The fraction of sp³-hybridized carbons (Fsp3) is 0.250. The van der Waals surface area contributed by atoms with E-state index in [1.165, 1.54) is 20.2 Å². The summed E-state index contributed by atoms with van der Waals surface area (Å²) < 4.78 is 5.19. The molecule has 7 heteroatoms. The monoisotopic (exact) mass is 370 g/mol. The van der Waals surface area contributed by atoms with Crippen LogP contribution in [0.15, 0.2) is 48.5 Å². The van der Waals surface area contributed by atoms with Crippen LogP contribution in [-0.4, -0.2) is 37.0 Å². The number of hydrogen-bond donors (Lipinski definition) is 3. The van der Waals surface area contributed by atoms with Gasteiger partial charge in [0.25, 0.3) is 11.8 Å². The molecule has 3 N–H and O–H groups in total. The number of carboxylic acid groups (broad SMARTS) is 1. The van der Waals surface area contributed by atoms with Gasteiger partial charge in [-0.15, -0.1) is 0 Å². The highest BCUT2D eigenvalue weighted by Crippen LogP contribution is 2.28. The van der Waals surface area contributed by atoms with Crippen molar-refractivity contribution in [2.45, 2.75) is 18.9 Å². The van der Waals surface area contributed by atoms with Crippen LogP contribution in [0.25, 0.3) is 0 Å². The quantitative estimate of drug-likeness (QED) is 0.693. The molecule has 0 bridgehead atoms. The van der Waals surface area contributed by atoms with Crippen molar-refractivity contribution in [2.24, 2.45) is 0 Å². The SMILES string of the molecule is CNC(=O)c1cccc(C(=O)NC(C)(CC(=O)O)c2cccc(OC)c2)c1. The van der Waals surface area contributed by atoms with Crippen molar-refractivity contribution in [1.29, 1.82) is 0 Å². The normalized spacial score (nSPS) is 12.6. The van der Waals surface area contributed by atoms with E-state index >= 15 is 0 Å². The second-order valence-electron chi connectivity index (χ2n) is 6.25. The van der Waals surface area contributed by atoms with Crippen LogP contribution < -0.4 is 15.4 Å². The Morgan fingerprint density at radius 3 is 2.26 bits per heavy atom. The Labute approximate surface area is 157 Å². The highest BCUT2D eigenvalue weighted by molar-refractivity contribution is 6.00. The number of nitrogens with one attached hydrogen (secondary N) is 2. The zero-order valence-electron chi connectivity index (χ0n) is 15.4. The summed E-state index contributed by atoms with van der Waals surface area (Å²) in [4.78, 5) is 35.9. The minimum atomic E-state index is -1.17. The standard InChI is InChI=1S/C20H22N2O5/c1-20(12-17(23)24,15-8-5-9-16(11-15)27-3)22-19(26)14-7-4-6-13(10-14)18(25)21-2/h4-11H,12H2,1-3H3,(H,21,25)(H,22,26)(H,23,24). The lowest BCUT2D eigenvalue weighted by Gasteiger charge is -2.30. The molecule has 0 saturated carbocycles. The van der Waals surface area contributed by atoms with Gasteiger partial charge >= 0.3 is 5.97 Å². The fourth-order valence-electron chi connectivity index (χ4n) is 2.76. The third kappa shape index (κ3) is 4.84. The molecule has 27 heavy (non-hydrogen) atoms. The smallest absolute Gasteiger partial charge is 0.306 e. The van der Waals surface area contributed by atoms with Crippen molar-refractivity contribution in [3.63, 3.8) is 0 Å². The molecular formula is C20H22N2O5. The lowest BCUT2D eigenvalue weighted by molar-refractivity contribution is -0.138. The summed E-state index contributed by atoms with van der Waals surface area (Å²) >= 11 is 0. The number of carboxylic acids is 1. The molecule has 2 amide bonds. The van der Waals surface area contributed by atoms with Crippen LogP contribution in [0, 0.1) is 0 Å². The molecule has 2 aromatic carbocycles. The summed E-state index contributed by atoms with van der Waals surface area (Å²) in [5.74, 6) is -1.29. The number of benzene rings is 2. The maximum Gasteiger partial charge on any atom is 0.306 e. The number of ether oxygens (including phenoxy) is 1. The molecule has 0 heterocycles. The van der Waals surface area contributed by atoms with Crippen molar-refractivity contribution in [3.05, 3.63) is 65.2 Å². The van der Waals surface area contributed by atoms with E-state index in [1.807, 2.05) is 0 Å². The number of amides is 2. The largest absolute Gasteiger partial charge is 0.497 e. The molecular weight excluding hydrogens is 348 g/mol. The van der Waals surface area contributed by atoms with E-state index in [9.17, 15) is 19.5 Å². The molecule has 0 fully saturated rings. The van der Waals surface area contributed by atoms with Crippen LogP contribution in [0.1, 0.15) is 39.6 Å². The van der Waals surface area contributed by atoms with Crippen LogP contribution in [0.3, 0.4) is 0 Å². The van der Waals surface area contributed by atoms with Gasteiger partial charge in [0, 0.05) is 18.2 Å². The van der Waals surface area contributed by atoms with Crippen LogP contribution in [-0.2, 0) is 10.3 Å². The lowest BCUT2D eigenvalue weighted by Crippen LogP contribution is -2.45. The fourth-order valence-corrected chi connectivity index (χ4v) is 2.76. The van der Waals surface area contributed by atoms with Gasteiger partial charge in [-0.3, -0.25) is 14.4 Å². The molecule has 2 aromatic rings. The molecule has 0 radical (unpaired) electrons. The van der Waals surface area contributed by atoms with Gasteiger partial charge in [0.2, 0.25) is 0 Å². The predicted octanol–water partition coefficient (Wildman–Crippen LogP) is 2.17. The van der Waals surface area contributed by atoms with Gasteiger partial charge in [0.1, 0.15) is 5.75 Å². The number of carbonyl (C=O) groups excluding carboxylic acids is 2. The van der Waals surface area contributed by atoms with E-state index in [0.29, 0.717) is 16.9 Å². The van der Waals surface area contributed by atoms with Crippen LogP contribution in [0.5, 0.6) is 5.75 Å². The first-order chi connectivity index (χ1) is 12.8. The summed E-state index contributed by atoms with van der Waals surface area (Å²) in [5.41, 5.74) is 0.0302. The first kappa shape index (κ1) is 20.0. The molecule has 0 saturated heterocycles. The first-order valence-electron chi connectivity index (χ1n) is 8.30. The molecule has 2 rings (SSSR count). The number of rotatable bonds is 7. The van der Waals surface area contributed by atoms with Crippen molar-refractivity contribution < 1.29 is 24.2 Å². The highest BCUT2D eigenvalue weighted by atomic mass is 16.5. The molecule has 0 aromatic heterocycles. The molecule has 1 unspecified atom stereocenters. The summed E-state index contributed by atoms with van der Waals surface area (Å²) in [6.07, 6.45) is -0.318. The van der Waals surface area contributed by atoms with E-state index in [2.05, 4.69) is 10.6 Å². The van der Waals surface area contributed by atoms with E-state index < -0.39 is 17.4 Å². The van der Waals surface area contributed by atoms with E-state index in [-0.39, 0.29) is 17.9 Å². The topological polar surface area (TPSA) is 105 Å². The maximum absolute atomic E-state index is 12.8. The summed E-state index contributed by atoms with van der Waals surface area (Å²) in [6.45, 7) is 1.64. The molecule has 0 aliphatic carbocycles. The van der Waals surface area contributed by atoms with Gasteiger partial charge in [0.05, 0.1) is 19.1 Å². The van der Waals surface area contributed by atoms with Crippen molar-refractivity contribution in [3.8, 4) is 5.75 Å². The lowest BCUT2D eigenvalue weighted by atomic mass is 9.88. The van der Waals surface area contributed by atoms with Crippen molar-refractivity contribution in [2.75, 3.05) is 14.2 Å². The van der Waals surface area contributed by atoms with Gasteiger partial charge in [-0.1, -0.05) is 18.2 Å². The minimum absolute atomic E-state index is 0.260. The zero-order valence-corrected chi connectivity index (χ0v) is 15.4. The summed E-state index contributed by atoms with van der Waals surface area (Å²) in [5, 5.41) is 14.6. The Kier molecular flexibility index (Phi) is 6.18. The Morgan fingerprint density at radius 1 is 1.04 bits per heavy atom. The number of methoxy groups -OCH3 is 1. The molecule has 142 valence electrons. The zero-order chi connectivity index (χ0) is 20.0. The van der Waals surface area contributed by atoms with Gasteiger partial charge in [-0.05, 0) is 42.8 Å². The Hall–Kier alpha value is -3.35. The van der Waals surface area contributed by atoms with Gasteiger partial charge in [-0.2, -0.15) is 0 Å². The summed E-state index contributed by atoms with van der Waals surface area (Å²) in [7, 11) is 3.01. The third-order valence-electron chi connectivity index (χ3n) is 4.22. The Morgan fingerprint density at radius 2 is 1.67 bits per heavy atom.